The molecule has 0 radical (unpaired) electrons. The van der Waals surface area contributed by atoms with Crippen molar-refractivity contribution in [2.45, 2.75) is 64.4 Å². The Bertz CT molecular complexity index is 434. The third-order valence-electron chi connectivity index (χ3n) is 4.43. The normalized spacial score (nSPS) is 27.8. The summed E-state index contributed by atoms with van der Waals surface area (Å²) in [7, 11) is 0. The molecule has 1 aromatic rings. The Kier molecular flexibility index (Phi) is 4.49. The Hall–Kier alpha value is -0.940. The van der Waals surface area contributed by atoms with Crippen LogP contribution in [0.15, 0.2) is 4.52 Å². The van der Waals surface area contributed by atoms with Crippen LogP contribution in [0, 0.1) is 5.92 Å². The Morgan fingerprint density at radius 3 is 2.60 bits per heavy atom. The van der Waals surface area contributed by atoms with Gasteiger partial charge in [0.05, 0.1) is 5.41 Å². The Morgan fingerprint density at radius 1 is 1.40 bits per heavy atom. The topological polar surface area (TPSA) is 74.2 Å². The average molecular weight is 281 g/mol. The van der Waals surface area contributed by atoms with Crippen LogP contribution in [0.3, 0.4) is 0 Å². The van der Waals surface area contributed by atoms with Gasteiger partial charge >= 0.3 is 0 Å². The summed E-state index contributed by atoms with van der Waals surface area (Å²) >= 11 is 0. The van der Waals surface area contributed by atoms with Crippen molar-refractivity contribution in [1.29, 1.82) is 0 Å². The largest absolute Gasteiger partial charge is 0.367 e. The zero-order valence-electron chi connectivity index (χ0n) is 13.1. The molecule has 1 aliphatic carbocycles. The number of ether oxygens (including phenoxy) is 1. The van der Waals surface area contributed by atoms with Crippen molar-refractivity contribution in [1.82, 2.24) is 10.1 Å². The SMILES string of the molecule is CCOC1(c2noc(C(C)(C)CN)n2)CCC(C)CC1. The molecule has 0 saturated heterocycles. The van der Waals surface area contributed by atoms with E-state index >= 15 is 0 Å². The predicted octanol–water partition coefficient (Wildman–Crippen LogP) is 2.75. The highest BCUT2D eigenvalue weighted by atomic mass is 16.5. The van der Waals surface area contributed by atoms with Crippen LogP contribution in [0.4, 0.5) is 0 Å². The van der Waals surface area contributed by atoms with Crippen LogP contribution in [-0.2, 0) is 15.8 Å². The minimum atomic E-state index is -0.367. The van der Waals surface area contributed by atoms with Crippen molar-refractivity contribution in [3.8, 4) is 0 Å². The molecule has 0 aliphatic heterocycles. The fourth-order valence-corrected chi connectivity index (χ4v) is 2.71. The van der Waals surface area contributed by atoms with Crippen LogP contribution in [0.2, 0.25) is 0 Å². The molecule has 1 saturated carbocycles. The maximum Gasteiger partial charge on any atom is 0.233 e. The van der Waals surface area contributed by atoms with Crippen molar-refractivity contribution in [3.05, 3.63) is 11.7 Å². The van der Waals surface area contributed by atoms with Crippen LogP contribution >= 0.6 is 0 Å². The molecular formula is C15H27N3O2. The molecule has 0 aromatic carbocycles. The Labute approximate surface area is 121 Å². The summed E-state index contributed by atoms with van der Waals surface area (Å²) in [6, 6.07) is 0. The first-order chi connectivity index (χ1) is 9.43. The summed E-state index contributed by atoms with van der Waals surface area (Å²) in [4.78, 5) is 4.61. The van der Waals surface area contributed by atoms with Crippen LogP contribution in [0.1, 0.15) is 65.1 Å². The molecule has 1 heterocycles. The number of nitrogens with zero attached hydrogens (tertiary/aromatic N) is 2. The van der Waals surface area contributed by atoms with E-state index in [0.29, 0.717) is 24.9 Å². The maximum absolute atomic E-state index is 6.05. The second kappa shape index (κ2) is 5.82. The molecular weight excluding hydrogens is 254 g/mol. The van der Waals surface area contributed by atoms with Crippen molar-refractivity contribution in [2.24, 2.45) is 11.7 Å². The highest BCUT2D eigenvalue weighted by molar-refractivity contribution is 5.08. The zero-order chi connectivity index (χ0) is 14.8. The lowest BCUT2D eigenvalue weighted by molar-refractivity contribution is -0.0847. The monoisotopic (exact) mass is 281 g/mol. The van der Waals surface area contributed by atoms with Crippen molar-refractivity contribution in [3.63, 3.8) is 0 Å². The Balaban J connectivity index is 2.27. The van der Waals surface area contributed by atoms with Crippen molar-refractivity contribution < 1.29 is 9.26 Å². The van der Waals surface area contributed by atoms with Gasteiger partial charge in [0, 0.05) is 13.2 Å². The van der Waals surface area contributed by atoms with Gasteiger partial charge in [-0.25, -0.2) is 0 Å². The van der Waals surface area contributed by atoms with E-state index in [0.717, 1.165) is 31.6 Å². The molecule has 5 heteroatoms. The lowest BCUT2D eigenvalue weighted by Crippen LogP contribution is -2.36. The van der Waals surface area contributed by atoms with E-state index in [1.54, 1.807) is 0 Å². The second-order valence-electron chi connectivity index (χ2n) is 6.62. The quantitative estimate of drug-likeness (QED) is 0.898. The van der Waals surface area contributed by atoms with E-state index in [9.17, 15) is 0 Å². The molecule has 5 nitrogen and oxygen atoms in total. The molecule has 2 rings (SSSR count). The summed E-state index contributed by atoms with van der Waals surface area (Å²) < 4.78 is 11.5. The van der Waals surface area contributed by atoms with Gasteiger partial charge < -0.3 is 15.0 Å². The number of aromatic nitrogens is 2. The summed E-state index contributed by atoms with van der Waals surface area (Å²) in [5.41, 5.74) is 5.12. The second-order valence-corrected chi connectivity index (χ2v) is 6.62. The number of hydrogen-bond donors (Lipinski definition) is 1. The van der Waals surface area contributed by atoms with E-state index in [-0.39, 0.29) is 11.0 Å². The lowest BCUT2D eigenvalue weighted by atomic mass is 9.79. The van der Waals surface area contributed by atoms with E-state index < -0.39 is 0 Å². The number of hydrogen-bond acceptors (Lipinski definition) is 5. The summed E-state index contributed by atoms with van der Waals surface area (Å²) in [6.45, 7) is 9.48. The molecule has 2 N–H and O–H groups in total. The molecule has 0 atom stereocenters. The molecule has 1 aliphatic rings. The maximum atomic E-state index is 6.05. The van der Waals surface area contributed by atoms with E-state index in [4.69, 9.17) is 15.0 Å². The van der Waals surface area contributed by atoms with Gasteiger partial charge in [-0.05, 0) is 52.4 Å². The first-order valence-corrected chi connectivity index (χ1v) is 7.62. The highest BCUT2D eigenvalue weighted by Crippen LogP contribution is 2.41. The van der Waals surface area contributed by atoms with Crippen molar-refractivity contribution in [2.75, 3.05) is 13.2 Å². The minimum absolute atomic E-state index is 0.291. The minimum Gasteiger partial charge on any atom is -0.367 e. The van der Waals surface area contributed by atoms with Crippen LogP contribution in [0.5, 0.6) is 0 Å². The van der Waals surface area contributed by atoms with Crippen molar-refractivity contribution >= 4 is 0 Å². The molecule has 20 heavy (non-hydrogen) atoms. The van der Waals surface area contributed by atoms with Gasteiger partial charge in [0.2, 0.25) is 11.7 Å². The molecule has 1 aromatic heterocycles. The molecule has 1 fully saturated rings. The predicted molar refractivity (Wildman–Crippen MR) is 77.3 cm³/mol. The van der Waals surface area contributed by atoms with Crippen LogP contribution < -0.4 is 5.73 Å². The van der Waals surface area contributed by atoms with Gasteiger partial charge in [-0.1, -0.05) is 12.1 Å². The van der Waals surface area contributed by atoms with E-state index in [1.807, 2.05) is 20.8 Å². The fraction of sp³-hybridized carbons (Fsp3) is 0.867. The van der Waals surface area contributed by atoms with Gasteiger partial charge in [-0.3, -0.25) is 0 Å². The number of rotatable bonds is 5. The van der Waals surface area contributed by atoms with Gasteiger partial charge in [0.1, 0.15) is 5.60 Å². The third-order valence-corrected chi connectivity index (χ3v) is 4.43. The zero-order valence-corrected chi connectivity index (χ0v) is 13.1. The summed E-state index contributed by atoms with van der Waals surface area (Å²) in [5.74, 6) is 2.05. The molecule has 0 unspecified atom stereocenters. The van der Waals surface area contributed by atoms with Crippen LogP contribution in [0.25, 0.3) is 0 Å². The standard InChI is InChI=1S/C15H27N3O2/c1-5-19-15(8-6-11(2)7-9-15)12-17-13(20-18-12)14(3,4)10-16/h11H,5-10,16H2,1-4H3. The molecule has 0 spiro atoms. The fourth-order valence-electron chi connectivity index (χ4n) is 2.71. The van der Waals surface area contributed by atoms with Gasteiger partial charge in [-0.2, -0.15) is 4.98 Å². The first kappa shape index (κ1) is 15.4. The smallest absolute Gasteiger partial charge is 0.233 e. The summed E-state index contributed by atoms with van der Waals surface area (Å²) in [5, 5.41) is 4.20. The van der Waals surface area contributed by atoms with Gasteiger partial charge in [0.15, 0.2) is 0 Å². The van der Waals surface area contributed by atoms with Gasteiger partial charge in [0.25, 0.3) is 0 Å². The van der Waals surface area contributed by atoms with E-state index in [1.165, 1.54) is 0 Å². The van der Waals surface area contributed by atoms with E-state index in [2.05, 4.69) is 17.1 Å². The first-order valence-electron chi connectivity index (χ1n) is 7.62. The third kappa shape index (κ3) is 2.88. The Morgan fingerprint density at radius 2 is 2.05 bits per heavy atom. The molecule has 0 bridgehead atoms. The highest BCUT2D eigenvalue weighted by Gasteiger charge is 2.41. The molecule has 114 valence electrons. The van der Waals surface area contributed by atoms with Crippen LogP contribution in [-0.4, -0.2) is 23.3 Å². The number of nitrogens with two attached hydrogens (primary N) is 1. The average Bonchev–Trinajstić information content (AvgIpc) is 2.93. The van der Waals surface area contributed by atoms with Gasteiger partial charge in [-0.15, -0.1) is 0 Å². The summed E-state index contributed by atoms with van der Waals surface area (Å²) in [6.07, 6.45) is 4.21. The molecule has 0 amide bonds. The lowest BCUT2D eigenvalue weighted by Gasteiger charge is -2.36.